The van der Waals surface area contributed by atoms with Gasteiger partial charge in [-0.15, -0.1) is 0 Å². The zero-order chi connectivity index (χ0) is 27.2. The van der Waals surface area contributed by atoms with Gasteiger partial charge in [-0.2, -0.15) is 0 Å². The maximum Gasteiger partial charge on any atom is 0.227 e. The number of amides is 1. The van der Waals surface area contributed by atoms with Gasteiger partial charge in [0.2, 0.25) is 5.91 Å². The van der Waals surface area contributed by atoms with Gasteiger partial charge in [0.05, 0.1) is 6.42 Å². The Morgan fingerprint density at radius 1 is 0.946 bits per heavy atom. The minimum Gasteiger partial charge on any atom is -0.384 e. The number of nitrogens with zero attached hydrogens (tertiary/aromatic N) is 3. The van der Waals surface area contributed by atoms with Crippen molar-refractivity contribution in [2.45, 2.75) is 104 Å². The molecule has 1 saturated heterocycles. The van der Waals surface area contributed by atoms with Crippen LogP contribution in [0.1, 0.15) is 84.9 Å². The van der Waals surface area contributed by atoms with Crippen molar-refractivity contribution in [3.05, 3.63) is 35.5 Å². The standard InChI is InChI=1S/C31H51N3O2Si/c1-29(2,3)23-32-18-20-33(21-19-32)27(35)22-25-24-14-10-11-15-26(24)34(37(7,8)30(4,5)6)28(25)31(36)16-12-9-13-17-31/h10-11,14-15,36H,9,12-13,16-23H2,1-8H3. The molecule has 0 unspecified atom stereocenters. The normalized spacial score (nSPS) is 20.0. The van der Waals surface area contributed by atoms with Crippen LogP contribution in [-0.2, 0) is 16.8 Å². The minimum absolute atomic E-state index is 0.0965. The number of aliphatic hydroxyl groups is 1. The summed E-state index contributed by atoms with van der Waals surface area (Å²) in [6, 6.07) is 8.59. The number of carbonyl (C=O) groups is 1. The molecule has 0 radical (unpaired) electrons. The number of rotatable bonds is 5. The van der Waals surface area contributed by atoms with E-state index < -0.39 is 13.8 Å². The summed E-state index contributed by atoms with van der Waals surface area (Å²) in [7, 11) is -2.10. The van der Waals surface area contributed by atoms with Gasteiger partial charge in [0.25, 0.3) is 0 Å². The molecule has 37 heavy (non-hydrogen) atoms. The van der Waals surface area contributed by atoms with Crippen molar-refractivity contribution >= 4 is 25.0 Å². The van der Waals surface area contributed by atoms with E-state index in [0.29, 0.717) is 6.42 Å². The summed E-state index contributed by atoms with van der Waals surface area (Å²) in [5, 5.41) is 13.5. The van der Waals surface area contributed by atoms with Crippen LogP contribution in [0.3, 0.4) is 0 Å². The van der Waals surface area contributed by atoms with E-state index in [2.05, 4.69) is 92.9 Å². The highest BCUT2D eigenvalue weighted by atomic mass is 28.3. The second-order valence-electron chi connectivity index (χ2n) is 14.5. The Hall–Kier alpha value is -1.63. The fourth-order valence-corrected chi connectivity index (χ4v) is 8.72. The lowest BCUT2D eigenvalue weighted by molar-refractivity contribution is -0.132. The summed E-state index contributed by atoms with van der Waals surface area (Å²) in [6.07, 6.45) is 5.20. The monoisotopic (exact) mass is 525 g/mol. The molecule has 1 amide bonds. The first-order chi connectivity index (χ1) is 17.1. The number of aromatic nitrogens is 1. The van der Waals surface area contributed by atoms with E-state index in [9.17, 15) is 9.90 Å². The van der Waals surface area contributed by atoms with Gasteiger partial charge in [0.1, 0.15) is 5.60 Å². The quantitative estimate of drug-likeness (QED) is 0.461. The largest absolute Gasteiger partial charge is 0.384 e. The Kier molecular flexibility index (Phi) is 7.79. The van der Waals surface area contributed by atoms with E-state index in [-0.39, 0.29) is 16.4 Å². The zero-order valence-electron chi connectivity index (χ0n) is 24.8. The molecule has 206 valence electrons. The molecule has 2 heterocycles. The maximum absolute atomic E-state index is 13.8. The van der Waals surface area contributed by atoms with Crippen LogP contribution in [0.25, 0.3) is 10.9 Å². The second-order valence-corrected chi connectivity index (χ2v) is 19.5. The summed E-state index contributed by atoms with van der Waals surface area (Å²) in [4.78, 5) is 18.4. The molecule has 6 heteroatoms. The van der Waals surface area contributed by atoms with Gasteiger partial charge in [-0.25, -0.2) is 0 Å². The van der Waals surface area contributed by atoms with Gasteiger partial charge in [-0.05, 0) is 34.9 Å². The number of hydrogen-bond donors (Lipinski definition) is 1. The summed E-state index contributed by atoms with van der Waals surface area (Å²) in [5.41, 5.74) is 2.73. The van der Waals surface area contributed by atoms with E-state index in [1.54, 1.807) is 0 Å². The van der Waals surface area contributed by atoms with Gasteiger partial charge >= 0.3 is 0 Å². The molecule has 1 aliphatic heterocycles. The van der Waals surface area contributed by atoms with Crippen LogP contribution in [0.15, 0.2) is 24.3 Å². The SMILES string of the molecule is CC(C)(C)CN1CCN(C(=O)Cc2c(C3(O)CCCCC3)n([Si](C)(C)C(C)(C)C)c3ccccc23)CC1. The number of piperazine rings is 1. The fourth-order valence-electron chi connectivity index (χ4n) is 6.35. The molecular weight excluding hydrogens is 474 g/mol. The van der Waals surface area contributed by atoms with E-state index in [0.717, 1.165) is 75.1 Å². The lowest BCUT2D eigenvalue weighted by Gasteiger charge is -2.44. The van der Waals surface area contributed by atoms with Crippen LogP contribution < -0.4 is 0 Å². The lowest BCUT2D eigenvalue weighted by Crippen LogP contribution is -2.51. The van der Waals surface area contributed by atoms with Crippen LogP contribution in [-0.4, -0.2) is 66.0 Å². The van der Waals surface area contributed by atoms with Crippen LogP contribution in [0, 0.1) is 5.41 Å². The topological polar surface area (TPSA) is 48.7 Å². The Morgan fingerprint density at radius 3 is 2.11 bits per heavy atom. The number of carbonyl (C=O) groups excluding carboxylic acids is 1. The van der Waals surface area contributed by atoms with Gasteiger partial charge in [0.15, 0.2) is 8.24 Å². The van der Waals surface area contributed by atoms with Crippen molar-refractivity contribution in [2.75, 3.05) is 32.7 Å². The van der Waals surface area contributed by atoms with E-state index in [1.807, 2.05) is 0 Å². The van der Waals surface area contributed by atoms with E-state index >= 15 is 0 Å². The molecule has 0 bridgehead atoms. The lowest BCUT2D eigenvalue weighted by atomic mass is 9.80. The second kappa shape index (κ2) is 10.2. The molecule has 5 nitrogen and oxygen atoms in total. The van der Waals surface area contributed by atoms with Gasteiger partial charge in [0, 0.05) is 49.3 Å². The van der Waals surface area contributed by atoms with E-state index in [4.69, 9.17) is 0 Å². The smallest absolute Gasteiger partial charge is 0.227 e. The Balaban J connectivity index is 1.75. The average molecular weight is 526 g/mol. The Labute approximate surface area is 226 Å². The first kappa shape index (κ1) is 28.4. The van der Waals surface area contributed by atoms with Crippen LogP contribution in [0.4, 0.5) is 0 Å². The highest BCUT2D eigenvalue weighted by Crippen LogP contribution is 2.47. The van der Waals surface area contributed by atoms with Crippen molar-refractivity contribution < 1.29 is 9.90 Å². The summed E-state index contributed by atoms with van der Waals surface area (Å²) >= 11 is 0. The molecule has 1 saturated carbocycles. The first-order valence-corrected chi connectivity index (χ1v) is 17.4. The van der Waals surface area contributed by atoms with Crippen LogP contribution in [0.2, 0.25) is 18.1 Å². The molecule has 0 spiro atoms. The number of benzene rings is 1. The Bertz CT molecular complexity index is 1110. The first-order valence-electron chi connectivity index (χ1n) is 14.5. The van der Waals surface area contributed by atoms with Gasteiger partial charge in [-0.1, -0.05) is 92.1 Å². The van der Waals surface area contributed by atoms with E-state index in [1.165, 1.54) is 11.9 Å². The molecule has 1 aliphatic carbocycles. The average Bonchev–Trinajstić information content (AvgIpc) is 3.14. The fraction of sp³-hybridized carbons (Fsp3) is 0.710. The molecule has 2 fully saturated rings. The molecule has 2 aliphatic rings. The minimum atomic E-state index is -2.10. The predicted molar refractivity (Wildman–Crippen MR) is 158 cm³/mol. The van der Waals surface area contributed by atoms with Gasteiger partial charge in [-0.3, -0.25) is 9.69 Å². The summed E-state index contributed by atoms with van der Waals surface area (Å²) in [5.74, 6) is 0.203. The highest BCUT2D eigenvalue weighted by Gasteiger charge is 2.46. The zero-order valence-corrected chi connectivity index (χ0v) is 25.8. The third-order valence-corrected chi connectivity index (χ3v) is 14.5. The summed E-state index contributed by atoms with van der Waals surface area (Å²) < 4.78 is 2.55. The van der Waals surface area contributed by atoms with Crippen LogP contribution in [0.5, 0.6) is 0 Å². The number of para-hydroxylation sites is 1. The Morgan fingerprint density at radius 2 is 1.54 bits per heavy atom. The molecular formula is C31H51N3O2Si. The summed E-state index contributed by atoms with van der Waals surface area (Å²) in [6.45, 7) is 23.2. The molecule has 2 aromatic rings. The molecule has 1 N–H and O–H groups in total. The maximum atomic E-state index is 13.8. The van der Waals surface area contributed by atoms with Crippen molar-refractivity contribution in [3.63, 3.8) is 0 Å². The van der Waals surface area contributed by atoms with Crippen molar-refractivity contribution in [3.8, 4) is 0 Å². The van der Waals surface area contributed by atoms with Crippen LogP contribution >= 0.6 is 0 Å². The third kappa shape index (κ3) is 5.72. The number of fused-ring (bicyclic) bond motifs is 1. The molecule has 1 aromatic heterocycles. The highest BCUT2D eigenvalue weighted by molar-refractivity contribution is 6.79. The number of hydrogen-bond acceptors (Lipinski definition) is 3. The van der Waals surface area contributed by atoms with Crippen molar-refractivity contribution in [1.29, 1.82) is 0 Å². The molecule has 4 rings (SSSR count). The van der Waals surface area contributed by atoms with Crippen molar-refractivity contribution in [1.82, 2.24) is 14.0 Å². The molecule has 1 aromatic carbocycles. The molecule has 0 atom stereocenters. The third-order valence-electron chi connectivity index (χ3n) is 9.25. The predicted octanol–water partition coefficient (Wildman–Crippen LogP) is 6.38. The van der Waals surface area contributed by atoms with Crippen molar-refractivity contribution in [2.24, 2.45) is 5.41 Å². The van der Waals surface area contributed by atoms with Gasteiger partial charge < -0.3 is 14.2 Å².